The highest BCUT2D eigenvalue weighted by Gasteiger charge is 2.24. The summed E-state index contributed by atoms with van der Waals surface area (Å²) in [5, 5.41) is 11.3. The fourth-order valence-corrected chi connectivity index (χ4v) is 4.12. The van der Waals surface area contributed by atoms with Gasteiger partial charge in [-0.3, -0.25) is 14.4 Å². The number of fused-ring (bicyclic) bond motifs is 1. The van der Waals surface area contributed by atoms with E-state index in [2.05, 4.69) is 26.1 Å². The van der Waals surface area contributed by atoms with Gasteiger partial charge < -0.3 is 9.84 Å². The Morgan fingerprint density at radius 2 is 2.08 bits per heavy atom. The number of nitrogens with one attached hydrogen (secondary N) is 1. The maximum absolute atomic E-state index is 12.1. The van der Waals surface area contributed by atoms with Crippen LogP contribution in [0.15, 0.2) is 16.7 Å². The van der Waals surface area contributed by atoms with Crippen LogP contribution < -0.4 is 5.32 Å². The number of aryl methyl sites for hydroxylation is 2. The van der Waals surface area contributed by atoms with E-state index in [0.29, 0.717) is 12.2 Å². The van der Waals surface area contributed by atoms with Crippen LogP contribution >= 0.6 is 0 Å². The third-order valence-electron chi connectivity index (χ3n) is 5.47. The van der Waals surface area contributed by atoms with Gasteiger partial charge >= 0.3 is 0 Å². The van der Waals surface area contributed by atoms with Crippen molar-refractivity contribution in [2.24, 2.45) is 0 Å². The van der Waals surface area contributed by atoms with Gasteiger partial charge in [-0.05, 0) is 32.3 Å². The van der Waals surface area contributed by atoms with E-state index >= 15 is 0 Å². The van der Waals surface area contributed by atoms with Gasteiger partial charge in [-0.25, -0.2) is 0 Å². The van der Waals surface area contributed by atoms with Crippen molar-refractivity contribution in [2.75, 3.05) is 6.54 Å². The van der Waals surface area contributed by atoms with E-state index in [1.165, 1.54) is 37.8 Å². The molecule has 4 rings (SSSR count). The summed E-state index contributed by atoms with van der Waals surface area (Å²) in [5.74, 6) is -0.00984. The first-order chi connectivity index (χ1) is 12.7. The minimum atomic E-state index is -0.252. The van der Waals surface area contributed by atoms with Crippen molar-refractivity contribution in [1.82, 2.24) is 25.2 Å². The van der Waals surface area contributed by atoms with Crippen molar-refractivity contribution in [3.63, 3.8) is 0 Å². The van der Waals surface area contributed by atoms with E-state index in [1.54, 1.807) is 13.0 Å². The summed E-state index contributed by atoms with van der Waals surface area (Å²) >= 11 is 0. The van der Waals surface area contributed by atoms with E-state index in [9.17, 15) is 4.79 Å². The molecule has 1 aliphatic heterocycles. The maximum atomic E-state index is 12.1. The van der Waals surface area contributed by atoms with E-state index in [1.807, 2.05) is 0 Å². The molecular formula is C19H27N5O2. The average Bonchev–Trinajstić information content (AvgIpc) is 3.21. The Bertz CT molecular complexity index is 760. The first-order valence-corrected chi connectivity index (χ1v) is 9.70. The first-order valence-electron chi connectivity index (χ1n) is 9.70. The zero-order valence-corrected chi connectivity index (χ0v) is 15.4. The molecule has 2 aromatic rings. The van der Waals surface area contributed by atoms with Gasteiger partial charge in [-0.1, -0.05) is 24.4 Å². The highest BCUT2D eigenvalue weighted by atomic mass is 16.5. The van der Waals surface area contributed by atoms with Gasteiger partial charge in [0, 0.05) is 31.7 Å². The third-order valence-corrected chi connectivity index (χ3v) is 5.47. The molecule has 0 spiro atoms. The SMILES string of the molecule is Cc1cc(C(=O)NCc2cc3n(n2)CCCN(C2CCCCC2)C3)on1. The first kappa shape index (κ1) is 17.3. The highest BCUT2D eigenvalue weighted by Crippen LogP contribution is 2.26. The molecule has 0 saturated heterocycles. The number of rotatable bonds is 4. The van der Waals surface area contributed by atoms with Gasteiger partial charge in [0.1, 0.15) is 0 Å². The monoisotopic (exact) mass is 357 g/mol. The van der Waals surface area contributed by atoms with Crippen LogP contribution in [-0.4, -0.2) is 38.3 Å². The molecule has 140 valence electrons. The van der Waals surface area contributed by atoms with Crippen molar-refractivity contribution in [3.05, 3.63) is 35.0 Å². The number of carbonyl (C=O) groups is 1. The van der Waals surface area contributed by atoms with Crippen LogP contribution in [0.2, 0.25) is 0 Å². The molecule has 1 aliphatic carbocycles. The van der Waals surface area contributed by atoms with Crippen LogP contribution in [0, 0.1) is 6.92 Å². The normalized spacial score (nSPS) is 19.1. The molecule has 0 aromatic carbocycles. The van der Waals surface area contributed by atoms with E-state index in [4.69, 9.17) is 9.62 Å². The van der Waals surface area contributed by atoms with Gasteiger partial charge in [-0.2, -0.15) is 5.10 Å². The molecule has 2 aromatic heterocycles. The number of hydrogen-bond donors (Lipinski definition) is 1. The van der Waals surface area contributed by atoms with Crippen molar-refractivity contribution in [3.8, 4) is 0 Å². The number of hydrogen-bond acceptors (Lipinski definition) is 5. The number of aromatic nitrogens is 3. The van der Waals surface area contributed by atoms with Gasteiger partial charge in [0.05, 0.1) is 23.6 Å². The third kappa shape index (κ3) is 3.82. The minimum Gasteiger partial charge on any atom is -0.351 e. The van der Waals surface area contributed by atoms with Crippen LogP contribution in [0.4, 0.5) is 0 Å². The van der Waals surface area contributed by atoms with Crippen molar-refractivity contribution in [2.45, 2.75) is 71.1 Å². The Kier molecular flexibility index (Phi) is 5.06. The summed E-state index contributed by atoms with van der Waals surface area (Å²) in [7, 11) is 0. The molecular weight excluding hydrogens is 330 g/mol. The Morgan fingerprint density at radius 3 is 2.85 bits per heavy atom. The smallest absolute Gasteiger partial charge is 0.290 e. The molecule has 1 N–H and O–H groups in total. The van der Waals surface area contributed by atoms with Crippen LogP contribution in [0.25, 0.3) is 0 Å². The topological polar surface area (TPSA) is 76.2 Å². The Balaban J connectivity index is 1.39. The predicted molar refractivity (Wildman–Crippen MR) is 96.5 cm³/mol. The van der Waals surface area contributed by atoms with Crippen molar-refractivity contribution >= 4 is 5.91 Å². The lowest BCUT2D eigenvalue weighted by molar-refractivity contribution is 0.0913. The number of nitrogens with zero attached hydrogens (tertiary/aromatic N) is 4. The van der Waals surface area contributed by atoms with E-state index < -0.39 is 0 Å². The predicted octanol–water partition coefficient (Wildman–Crippen LogP) is 2.65. The van der Waals surface area contributed by atoms with Gasteiger partial charge in [0.2, 0.25) is 5.76 Å². The summed E-state index contributed by atoms with van der Waals surface area (Å²) in [6.45, 7) is 5.28. The van der Waals surface area contributed by atoms with Crippen LogP contribution in [0.5, 0.6) is 0 Å². The van der Waals surface area contributed by atoms with Crippen LogP contribution in [0.3, 0.4) is 0 Å². The summed E-state index contributed by atoms with van der Waals surface area (Å²) in [6, 6.07) is 4.50. The van der Waals surface area contributed by atoms with E-state index in [0.717, 1.165) is 37.8 Å². The molecule has 7 heteroatoms. The zero-order chi connectivity index (χ0) is 17.9. The molecule has 0 unspecified atom stereocenters. The fraction of sp³-hybridized carbons (Fsp3) is 0.632. The van der Waals surface area contributed by atoms with Crippen LogP contribution in [0.1, 0.15) is 66.2 Å². The molecule has 2 aliphatic rings. The average molecular weight is 357 g/mol. The summed E-state index contributed by atoms with van der Waals surface area (Å²) in [5.41, 5.74) is 2.86. The molecule has 7 nitrogen and oxygen atoms in total. The second-order valence-corrected chi connectivity index (χ2v) is 7.48. The van der Waals surface area contributed by atoms with Gasteiger partial charge in [0.25, 0.3) is 5.91 Å². The lowest BCUT2D eigenvalue weighted by atomic mass is 9.94. The highest BCUT2D eigenvalue weighted by molar-refractivity contribution is 5.91. The zero-order valence-electron chi connectivity index (χ0n) is 15.4. The Labute approximate surface area is 153 Å². The van der Waals surface area contributed by atoms with Crippen molar-refractivity contribution < 1.29 is 9.32 Å². The standard InChI is InChI=1S/C19H27N5O2/c1-14-10-18(26-22-14)19(25)20-12-15-11-17-13-23(8-5-9-24(17)21-15)16-6-3-2-4-7-16/h10-11,16H,2-9,12-13H2,1H3,(H,20,25). The molecule has 3 heterocycles. The quantitative estimate of drug-likeness (QED) is 0.910. The van der Waals surface area contributed by atoms with Gasteiger partial charge in [-0.15, -0.1) is 0 Å². The minimum absolute atomic E-state index is 0.242. The van der Waals surface area contributed by atoms with Crippen molar-refractivity contribution in [1.29, 1.82) is 0 Å². The number of amides is 1. The fourth-order valence-electron chi connectivity index (χ4n) is 4.12. The molecule has 26 heavy (non-hydrogen) atoms. The molecule has 0 bridgehead atoms. The van der Waals surface area contributed by atoms with Gasteiger partial charge in [0.15, 0.2) is 0 Å². The Hall–Kier alpha value is -2.15. The second kappa shape index (κ2) is 7.61. The molecule has 1 fully saturated rings. The number of carbonyl (C=O) groups excluding carboxylic acids is 1. The van der Waals surface area contributed by atoms with E-state index in [-0.39, 0.29) is 11.7 Å². The largest absolute Gasteiger partial charge is 0.351 e. The molecule has 0 radical (unpaired) electrons. The maximum Gasteiger partial charge on any atom is 0.290 e. The summed E-state index contributed by atoms with van der Waals surface area (Å²) in [6.07, 6.45) is 7.89. The molecule has 1 amide bonds. The van der Waals surface area contributed by atoms with Crippen LogP contribution in [-0.2, 0) is 19.6 Å². The molecule has 0 atom stereocenters. The Morgan fingerprint density at radius 1 is 1.23 bits per heavy atom. The lowest BCUT2D eigenvalue weighted by Crippen LogP contribution is -2.36. The summed E-state index contributed by atoms with van der Waals surface area (Å²) < 4.78 is 7.11. The second-order valence-electron chi connectivity index (χ2n) is 7.48. The molecule has 1 saturated carbocycles. The lowest BCUT2D eigenvalue weighted by Gasteiger charge is -2.33. The summed E-state index contributed by atoms with van der Waals surface area (Å²) in [4.78, 5) is 14.7.